The SMILES string of the molecule is CNc1cccc(CC(F)(F)C(F)F)c1. The van der Waals surface area contributed by atoms with Crippen molar-refractivity contribution in [1.29, 1.82) is 0 Å². The van der Waals surface area contributed by atoms with Crippen molar-refractivity contribution in [2.24, 2.45) is 0 Å². The molecule has 84 valence electrons. The molecule has 0 spiro atoms. The molecular formula is C10H11F4N. The number of halogens is 4. The highest BCUT2D eigenvalue weighted by Crippen LogP contribution is 2.27. The maximum Gasteiger partial charge on any atom is 0.311 e. The van der Waals surface area contributed by atoms with Crippen LogP contribution in [0.15, 0.2) is 24.3 Å². The second kappa shape index (κ2) is 4.51. The fourth-order valence-corrected chi connectivity index (χ4v) is 1.19. The Kier molecular flexibility index (Phi) is 3.55. The maximum absolute atomic E-state index is 12.7. The third-order valence-corrected chi connectivity index (χ3v) is 1.97. The van der Waals surface area contributed by atoms with Crippen LogP contribution < -0.4 is 5.32 Å². The molecular weight excluding hydrogens is 210 g/mol. The Morgan fingerprint density at radius 2 is 2.00 bits per heavy atom. The van der Waals surface area contributed by atoms with Crippen molar-refractivity contribution in [2.75, 3.05) is 12.4 Å². The van der Waals surface area contributed by atoms with Gasteiger partial charge in [0.25, 0.3) is 0 Å². The molecule has 0 bridgehead atoms. The lowest BCUT2D eigenvalue weighted by molar-refractivity contribution is -0.127. The van der Waals surface area contributed by atoms with Crippen LogP contribution in [0.25, 0.3) is 0 Å². The first-order chi connectivity index (χ1) is 6.95. The van der Waals surface area contributed by atoms with Crippen LogP contribution in [-0.4, -0.2) is 19.4 Å². The summed E-state index contributed by atoms with van der Waals surface area (Å²) >= 11 is 0. The van der Waals surface area contributed by atoms with Gasteiger partial charge >= 0.3 is 12.3 Å². The zero-order valence-corrected chi connectivity index (χ0v) is 8.11. The fraction of sp³-hybridized carbons (Fsp3) is 0.400. The van der Waals surface area contributed by atoms with Crippen LogP contribution in [0, 0.1) is 0 Å². The molecule has 0 saturated carbocycles. The molecule has 1 aromatic carbocycles. The summed E-state index contributed by atoms with van der Waals surface area (Å²) in [5.41, 5.74) is 0.810. The highest BCUT2D eigenvalue weighted by Gasteiger charge is 2.40. The van der Waals surface area contributed by atoms with Gasteiger partial charge in [-0.05, 0) is 17.7 Å². The van der Waals surface area contributed by atoms with Crippen LogP contribution in [0.3, 0.4) is 0 Å². The van der Waals surface area contributed by atoms with E-state index in [-0.39, 0.29) is 5.56 Å². The van der Waals surface area contributed by atoms with Crippen LogP contribution in [0.5, 0.6) is 0 Å². The smallest absolute Gasteiger partial charge is 0.311 e. The van der Waals surface area contributed by atoms with E-state index >= 15 is 0 Å². The van der Waals surface area contributed by atoms with Gasteiger partial charge in [-0.25, -0.2) is 8.78 Å². The lowest BCUT2D eigenvalue weighted by Crippen LogP contribution is -2.29. The average molecular weight is 221 g/mol. The van der Waals surface area contributed by atoms with Crippen LogP contribution >= 0.6 is 0 Å². The molecule has 0 amide bonds. The largest absolute Gasteiger partial charge is 0.388 e. The minimum absolute atomic E-state index is 0.187. The van der Waals surface area contributed by atoms with E-state index in [1.54, 1.807) is 19.2 Å². The Balaban J connectivity index is 2.80. The molecule has 0 saturated heterocycles. The summed E-state index contributed by atoms with van der Waals surface area (Å²) in [5, 5.41) is 2.75. The van der Waals surface area contributed by atoms with Crippen molar-refractivity contribution < 1.29 is 17.6 Å². The van der Waals surface area contributed by atoms with E-state index in [0.29, 0.717) is 5.69 Å². The quantitative estimate of drug-likeness (QED) is 0.770. The van der Waals surface area contributed by atoms with Gasteiger partial charge in [0.05, 0.1) is 0 Å². The molecule has 0 radical (unpaired) electrons. The molecule has 5 heteroatoms. The fourth-order valence-electron chi connectivity index (χ4n) is 1.19. The van der Waals surface area contributed by atoms with Gasteiger partial charge in [-0.15, -0.1) is 0 Å². The Hall–Kier alpha value is -1.26. The first-order valence-corrected chi connectivity index (χ1v) is 4.38. The van der Waals surface area contributed by atoms with Crippen molar-refractivity contribution in [3.8, 4) is 0 Å². The molecule has 0 unspecified atom stereocenters. The number of hydrogen-bond donors (Lipinski definition) is 1. The summed E-state index contributed by atoms with van der Waals surface area (Å²) in [6, 6.07) is 6.04. The van der Waals surface area contributed by atoms with Gasteiger partial charge in [-0.1, -0.05) is 12.1 Å². The van der Waals surface area contributed by atoms with Gasteiger partial charge in [0, 0.05) is 19.2 Å². The minimum atomic E-state index is -3.97. The van der Waals surface area contributed by atoms with Crippen molar-refractivity contribution in [2.45, 2.75) is 18.8 Å². The van der Waals surface area contributed by atoms with E-state index in [0.717, 1.165) is 0 Å². The van der Waals surface area contributed by atoms with Crippen LogP contribution in [0.2, 0.25) is 0 Å². The predicted molar refractivity (Wildman–Crippen MR) is 50.6 cm³/mol. The van der Waals surface area contributed by atoms with Gasteiger partial charge in [-0.2, -0.15) is 8.78 Å². The van der Waals surface area contributed by atoms with Gasteiger partial charge in [0.1, 0.15) is 0 Å². The normalized spacial score (nSPS) is 11.9. The highest BCUT2D eigenvalue weighted by molar-refractivity contribution is 5.45. The minimum Gasteiger partial charge on any atom is -0.388 e. The maximum atomic E-state index is 12.7. The van der Waals surface area contributed by atoms with Crippen molar-refractivity contribution >= 4 is 5.69 Å². The lowest BCUT2D eigenvalue weighted by Gasteiger charge is -2.15. The van der Waals surface area contributed by atoms with E-state index in [9.17, 15) is 17.6 Å². The van der Waals surface area contributed by atoms with E-state index in [1.807, 2.05) is 0 Å². The summed E-state index contributed by atoms with van der Waals surface area (Å²) < 4.78 is 49.2. The van der Waals surface area contributed by atoms with E-state index in [4.69, 9.17) is 0 Å². The third-order valence-electron chi connectivity index (χ3n) is 1.97. The molecule has 0 heterocycles. The van der Waals surface area contributed by atoms with E-state index < -0.39 is 18.8 Å². The molecule has 0 aliphatic heterocycles. The zero-order valence-electron chi connectivity index (χ0n) is 8.11. The van der Waals surface area contributed by atoms with E-state index in [2.05, 4.69) is 5.32 Å². The molecule has 1 rings (SSSR count). The van der Waals surface area contributed by atoms with Crippen molar-refractivity contribution in [3.63, 3.8) is 0 Å². The topological polar surface area (TPSA) is 12.0 Å². The highest BCUT2D eigenvalue weighted by atomic mass is 19.3. The zero-order chi connectivity index (χ0) is 11.5. The van der Waals surface area contributed by atoms with Gasteiger partial charge < -0.3 is 5.32 Å². The number of anilines is 1. The van der Waals surface area contributed by atoms with Crippen molar-refractivity contribution in [1.82, 2.24) is 0 Å². The second-order valence-corrected chi connectivity index (χ2v) is 3.19. The van der Waals surface area contributed by atoms with Gasteiger partial charge in [-0.3, -0.25) is 0 Å². The third kappa shape index (κ3) is 3.11. The summed E-state index contributed by atoms with van der Waals surface area (Å²) in [7, 11) is 1.63. The Labute approximate surface area is 85.1 Å². The molecule has 0 fully saturated rings. The first-order valence-electron chi connectivity index (χ1n) is 4.38. The van der Waals surface area contributed by atoms with Crippen LogP contribution in [0.4, 0.5) is 23.2 Å². The molecule has 15 heavy (non-hydrogen) atoms. The van der Waals surface area contributed by atoms with Crippen LogP contribution in [-0.2, 0) is 6.42 Å². The Bertz CT molecular complexity index is 325. The summed E-state index contributed by atoms with van der Waals surface area (Å²) in [5.74, 6) is -3.97. The summed E-state index contributed by atoms with van der Waals surface area (Å²) in [6.45, 7) is 0. The first kappa shape index (κ1) is 11.8. The predicted octanol–water partition coefficient (Wildman–Crippen LogP) is 3.17. The van der Waals surface area contributed by atoms with E-state index in [1.165, 1.54) is 12.1 Å². The monoisotopic (exact) mass is 221 g/mol. The summed E-state index contributed by atoms with van der Waals surface area (Å²) in [4.78, 5) is 0. The number of hydrogen-bond acceptors (Lipinski definition) is 1. The van der Waals surface area contributed by atoms with Crippen LogP contribution in [0.1, 0.15) is 5.56 Å². The molecule has 1 nitrogen and oxygen atoms in total. The Morgan fingerprint density at radius 1 is 1.33 bits per heavy atom. The standard InChI is InChI=1S/C10H11F4N/c1-15-8-4-2-3-7(5-8)6-10(13,14)9(11)12/h2-5,9,15H,6H2,1H3. The number of benzene rings is 1. The number of nitrogens with one attached hydrogen (secondary N) is 1. The Morgan fingerprint density at radius 3 is 2.53 bits per heavy atom. The number of rotatable bonds is 4. The van der Waals surface area contributed by atoms with Crippen molar-refractivity contribution in [3.05, 3.63) is 29.8 Å². The molecule has 0 atom stereocenters. The van der Waals surface area contributed by atoms with Gasteiger partial charge in [0.2, 0.25) is 0 Å². The van der Waals surface area contributed by atoms with Gasteiger partial charge in [0.15, 0.2) is 0 Å². The molecule has 1 aromatic rings. The number of alkyl halides is 4. The summed E-state index contributed by atoms with van der Waals surface area (Å²) in [6.07, 6.45) is -4.57. The molecule has 0 aromatic heterocycles. The second-order valence-electron chi connectivity index (χ2n) is 3.19. The average Bonchev–Trinajstić information content (AvgIpc) is 2.17. The molecule has 0 aliphatic rings. The lowest BCUT2D eigenvalue weighted by atomic mass is 10.1. The molecule has 1 N–H and O–H groups in total. The molecule has 0 aliphatic carbocycles.